The van der Waals surface area contributed by atoms with Crippen molar-refractivity contribution in [3.8, 4) is 0 Å². The Labute approximate surface area is 123 Å². The van der Waals surface area contributed by atoms with Gasteiger partial charge in [-0.3, -0.25) is 4.79 Å². The largest absolute Gasteiger partial charge is 0.419 e. The number of carbonyl (C=O) groups excluding carboxylic acids is 1. The summed E-state index contributed by atoms with van der Waals surface area (Å²) < 4.78 is 63.5. The fraction of sp³-hybridized carbons (Fsp3) is 0.455. The first-order valence-corrected chi connectivity index (χ1v) is 7.68. The number of nitrogens with one attached hydrogen (secondary N) is 1. The van der Waals surface area contributed by atoms with E-state index in [2.05, 4.69) is 4.98 Å². The van der Waals surface area contributed by atoms with Crippen LogP contribution in [0.3, 0.4) is 0 Å². The first-order valence-electron chi connectivity index (χ1n) is 5.82. The van der Waals surface area contributed by atoms with Crippen molar-refractivity contribution in [3.63, 3.8) is 0 Å². The van der Waals surface area contributed by atoms with Gasteiger partial charge in [0.2, 0.25) is 5.91 Å². The summed E-state index contributed by atoms with van der Waals surface area (Å²) in [5.41, 5.74) is -1.38. The van der Waals surface area contributed by atoms with Crippen molar-refractivity contribution in [1.82, 2.24) is 9.71 Å². The number of hydrogen-bond acceptors (Lipinski definition) is 4. The number of sulfonamides is 1. The number of amides is 1. The number of hydrogen-bond donors (Lipinski definition) is 1. The van der Waals surface area contributed by atoms with Gasteiger partial charge in [0.25, 0.3) is 10.0 Å². The van der Waals surface area contributed by atoms with Gasteiger partial charge in [-0.1, -0.05) is 18.5 Å². The Bertz CT molecular complexity index is 690. The molecule has 21 heavy (non-hydrogen) atoms. The molecule has 1 amide bonds. The molecule has 1 heterocycles. The van der Waals surface area contributed by atoms with Gasteiger partial charge >= 0.3 is 6.18 Å². The average molecular weight is 343 g/mol. The highest BCUT2D eigenvalue weighted by Crippen LogP contribution is 2.38. The van der Waals surface area contributed by atoms with Crippen LogP contribution in [-0.2, 0) is 21.0 Å². The standard InChI is InChI=1S/C11H10ClF3N2O3S/c1-5-2-7(5)10(18)17-21(19,20)6-3-8(11(13,14)15)9(12)16-4-6/h3-5,7H,2H2,1H3,(H,17,18)/t5-,7+/m0/s1. The minimum Gasteiger partial charge on any atom is -0.274 e. The lowest BCUT2D eigenvalue weighted by Crippen LogP contribution is -2.32. The number of carbonyl (C=O) groups is 1. The second-order valence-corrected chi connectivity index (χ2v) is 6.84. The monoisotopic (exact) mass is 342 g/mol. The van der Waals surface area contributed by atoms with Crippen LogP contribution in [0.4, 0.5) is 13.2 Å². The maximum absolute atomic E-state index is 12.7. The van der Waals surface area contributed by atoms with Gasteiger partial charge in [-0.05, 0) is 18.4 Å². The molecule has 2 rings (SSSR count). The van der Waals surface area contributed by atoms with E-state index in [1.807, 2.05) is 0 Å². The predicted molar refractivity (Wildman–Crippen MR) is 66.8 cm³/mol. The van der Waals surface area contributed by atoms with Gasteiger partial charge < -0.3 is 0 Å². The first kappa shape index (κ1) is 16.0. The molecular formula is C11H10ClF3N2O3S. The molecule has 1 aromatic heterocycles. The summed E-state index contributed by atoms with van der Waals surface area (Å²) in [5, 5.41) is -0.858. The zero-order chi connectivity index (χ0) is 16.0. The lowest BCUT2D eigenvalue weighted by molar-refractivity contribution is -0.137. The number of halogens is 4. The minimum atomic E-state index is -4.84. The number of rotatable bonds is 3. The van der Waals surface area contributed by atoms with E-state index in [-0.39, 0.29) is 5.92 Å². The SMILES string of the molecule is C[C@H]1C[C@H]1C(=O)NS(=O)(=O)c1cnc(Cl)c(C(F)(F)F)c1. The Hall–Kier alpha value is -1.35. The molecule has 1 saturated carbocycles. The molecule has 0 aromatic carbocycles. The molecule has 10 heteroatoms. The Morgan fingerprint density at radius 2 is 2.05 bits per heavy atom. The summed E-state index contributed by atoms with van der Waals surface area (Å²) in [5.74, 6) is -1.09. The Kier molecular flexibility index (Phi) is 3.92. The molecule has 1 N–H and O–H groups in total. The zero-order valence-electron chi connectivity index (χ0n) is 10.6. The molecule has 1 fully saturated rings. The van der Waals surface area contributed by atoms with Gasteiger partial charge in [0.15, 0.2) is 0 Å². The van der Waals surface area contributed by atoms with Crippen LogP contribution in [0.15, 0.2) is 17.2 Å². The Morgan fingerprint density at radius 1 is 1.48 bits per heavy atom. The second kappa shape index (κ2) is 5.13. The van der Waals surface area contributed by atoms with Crippen molar-refractivity contribution in [1.29, 1.82) is 0 Å². The maximum Gasteiger partial charge on any atom is 0.419 e. The molecule has 116 valence electrons. The number of aromatic nitrogens is 1. The van der Waals surface area contributed by atoms with Crippen LogP contribution >= 0.6 is 11.6 Å². The number of nitrogens with zero attached hydrogens (tertiary/aromatic N) is 1. The van der Waals surface area contributed by atoms with E-state index < -0.39 is 43.6 Å². The van der Waals surface area contributed by atoms with Crippen molar-refractivity contribution in [3.05, 3.63) is 23.0 Å². The van der Waals surface area contributed by atoms with Crippen molar-refractivity contribution in [2.75, 3.05) is 0 Å². The molecule has 5 nitrogen and oxygen atoms in total. The van der Waals surface area contributed by atoms with Gasteiger partial charge in [-0.15, -0.1) is 0 Å². The number of alkyl halides is 3. The van der Waals surface area contributed by atoms with Crippen LogP contribution in [0.25, 0.3) is 0 Å². The van der Waals surface area contributed by atoms with Gasteiger partial charge in [0.1, 0.15) is 10.0 Å². The lowest BCUT2D eigenvalue weighted by atomic mass is 10.3. The summed E-state index contributed by atoms with van der Waals surface area (Å²) >= 11 is 5.30. The van der Waals surface area contributed by atoms with Crippen LogP contribution in [-0.4, -0.2) is 19.3 Å². The van der Waals surface area contributed by atoms with Gasteiger partial charge in [0, 0.05) is 12.1 Å². The van der Waals surface area contributed by atoms with E-state index in [1.165, 1.54) is 0 Å². The highest BCUT2D eigenvalue weighted by atomic mass is 35.5. The smallest absolute Gasteiger partial charge is 0.274 e. The van der Waals surface area contributed by atoms with E-state index >= 15 is 0 Å². The fourth-order valence-corrected chi connectivity index (χ4v) is 2.94. The van der Waals surface area contributed by atoms with Gasteiger partial charge in [-0.2, -0.15) is 13.2 Å². The normalized spacial score (nSPS) is 22.0. The minimum absolute atomic E-state index is 0.0641. The summed E-state index contributed by atoms with van der Waals surface area (Å²) in [7, 11) is -4.41. The molecule has 1 aromatic rings. The van der Waals surface area contributed by atoms with E-state index in [0.29, 0.717) is 18.7 Å². The summed E-state index contributed by atoms with van der Waals surface area (Å²) in [6, 6.07) is 0.348. The van der Waals surface area contributed by atoms with Crippen LogP contribution in [0.1, 0.15) is 18.9 Å². The van der Waals surface area contributed by atoms with Crippen molar-refractivity contribution in [2.45, 2.75) is 24.4 Å². The van der Waals surface area contributed by atoms with Crippen LogP contribution < -0.4 is 4.72 Å². The molecule has 1 aliphatic rings. The fourth-order valence-electron chi connectivity index (χ4n) is 1.73. The molecule has 0 bridgehead atoms. The summed E-state index contributed by atoms with van der Waals surface area (Å²) in [4.78, 5) is 14.0. The molecule has 1 aliphatic carbocycles. The number of pyridine rings is 1. The quantitative estimate of drug-likeness (QED) is 0.854. The Morgan fingerprint density at radius 3 is 2.52 bits per heavy atom. The third kappa shape index (κ3) is 3.46. The highest BCUT2D eigenvalue weighted by Gasteiger charge is 2.41. The lowest BCUT2D eigenvalue weighted by Gasteiger charge is -2.11. The third-order valence-electron chi connectivity index (χ3n) is 3.11. The van der Waals surface area contributed by atoms with E-state index in [4.69, 9.17) is 11.6 Å². The van der Waals surface area contributed by atoms with Gasteiger partial charge in [-0.25, -0.2) is 18.1 Å². The van der Waals surface area contributed by atoms with E-state index in [0.717, 1.165) is 0 Å². The maximum atomic E-state index is 12.7. The molecule has 2 atom stereocenters. The molecule has 0 radical (unpaired) electrons. The summed E-state index contributed by atoms with van der Waals surface area (Å²) in [6.07, 6.45) is -3.62. The first-order chi connectivity index (χ1) is 9.52. The average Bonchev–Trinajstić information content (AvgIpc) is 3.04. The zero-order valence-corrected chi connectivity index (χ0v) is 12.2. The van der Waals surface area contributed by atoms with Crippen LogP contribution in [0.5, 0.6) is 0 Å². The molecule has 0 spiro atoms. The van der Waals surface area contributed by atoms with Crippen LogP contribution in [0.2, 0.25) is 5.15 Å². The summed E-state index contributed by atoms with van der Waals surface area (Å²) in [6.45, 7) is 1.77. The van der Waals surface area contributed by atoms with Gasteiger partial charge in [0.05, 0.1) is 5.56 Å². The van der Waals surface area contributed by atoms with Crippen molar-refractivity contribution in [2.24, 2.45) is 11.8 Å². The second-order valence-electron chi connectivity index (χ2n) is 4.80. The van der Waals surface area contributed by atoms with Crippen molar-refractivity contribution >= 4 is 27.5 Å². The topological polar surface area (TPSA) is 76.1 Å². The molecular weight excluding hydrogens is 333 g/mol. The van der Waals surface area contributed by atoms with Crippen molar-refractivity contribution < 1.29 is 26.4 Å². The highest BCUT2D eigenvalue weighted by molar-refractivity contribution is 7.90. The van der Waals surface area contributed by atoms with E-state index in [9.17, 15) is 26.4 Å². The van der Waals surface area contributed by atoms with E-state index in [1.54, 1.807) is 11.6 Å². The molecule has 0 unspecified atom stereocenters. The molecule has 0 aliphatic heterocycles. The predicted octanol–water partition coefficient (Wildman–Crippen LogP) is 2.21. The molecule has 0 saturated heterocycles. The third-order valence-corrected chi connectivity index (χ3v) is 4.73. The Balaban J connectivity index is 2.30. The van der Waals surface area contributed by atoms with Crippen LogP contribution in [0, 0.1) is 11.8 Å².